The SMILES string of the molecule is Cc1occc1CON. The number of hydrogen-bond donors (Lipinski definition) is 1. The van der Waals surface area contributed by atoms with E-state index in [-0.39, 0.29) is 0 Å². The molecule has 0 spiro atoms. The Morgan fingerprint density at radius 1 is 1.78 bits per heavy atom. The maximum Gasteiger partial charge on any atom is 0.106 e. The van der Waals surface area contributed by atoms with E-state index >= 15 is 0 Å². The van der Waals surface area contributed by atoms with Crippen molar-refractivity contribution in [3.8, 4) is 0 Å². The Morgan fingerprint density at radius 3 is 3.00 bits per heavy atom. The van der Waals surface area contributed by atoms with Gasteiger partial charge in [-0.3, -0.25) is 4.84 Å². The number of furan rings is 1. The van der Waals surface area contributed by atoms with E-state index in [4.69, 9.17) is 10.3 Å². The van der Waals surface area contributed by atoms with Crippen molar-refractivity contribution in [2.75, 3.05) is 0 Å². The summed E-state index contributed by atoms with van der Waals surface area (Å²) in [5.41, 5.74) is 0.998. The van der Waals surface area contributed by atoms with Crippen molar-refractivity contribution in [2.45, 2.75) is 13.5 Å². The summed E-state index contributed by atoms with van der Waals surface area (Å²) < 4.78 is 4.98. The van der Waals surface area contributed by atoms with Gasteiger partial charge in [-0.05, 0) is 13.0 Å². The third-order valence-electron chi connectivity index (χ3n) is 1.21. The number of rotatable bonds is 2. The van der Waals surface area contributed by atoms with Gasteiger partial charge < -0.3 is 4.42 Å². The topological polar surface area (TPSA) is 48.4 Å². The van der Waals surface area contributed by atoms with E-state index in [2.05, 4.69) is 4.84 Å². The molecule has 0 fully saturated rings. The first-order valence-corrected chi connectivity index (χ1v) is 2.69. The molecule has 0 bridgehead atoms. The second kappa shape index (κ2) is 2.66. The Kier molecular flexibility index (Phi) is 1.87. The summed E-state index contributed by atoms with van der Waals surface area (Å²) in [5, 5.41) is 0. The lowest BCUT2D eigenvalue weighted by atomic mass is 10.3. The fourth-order valence-electron chi connectivity index (χ4n) is 0.651. The first kappa shape index (κ1) is 6.32. The molecule has 0 aromatic carbocycles. The molecule has 2 N–H and O–H groups in total. The van der Waals surface area contributed by atoms with Crippen molar-refractivity contribution in [3.05, 3.63) is 23.7 Å². The van der Waals surface area contributed by atoms with Crippen molar-refractivity contribution in [1.82, 2.24) is 0 Å². The summed E-state index contributed by atoms with van der Waals surface area (Å²) in [6, 6.07) is 1.84. The molecule has 3 heteroatoms. The number of nitrogens with two attached hydrogens (primary N) is 1. The number of hydrogen-bond acceptors (Lipinski definition) is 3. The molecule has 9 heavy (non-hydrogen) atoms. The van der Waals surface area contributed by atoms with E-state index in [1.165, 1.54) is 0 Å². The molecule has 0 saturated heterocycles. The summed E-state index contributed by atoms with van der Waals surface area (Å²) in [6.07, 6.45) is 1.61. The van der Waals surface area contributed by atoms with E-state index in [1.54, 1.807) is 6.26 Å². The van der Waals surface area contributed by atoms with Gasteiger partial charge in [-0.1, -0.05) is 0 Å². The lowest BCUT2D eigenvalue weighted by Gasteiger charge is -1.92. The Balaban J connectivity index is 2.69. The van der Waals surface area contributed by atoms with Crippen molar-refractivity contribution in [1.29, 1.82) is 0 Å². The van der Waals surface area contributed by atoms with E-state index < -0.39 is 0 Å². The largest absolute Gasteiger partial charge is 0.469 e. The van der Waals surface area contributed by atoms with Gasteiger partial charge in [-0.2, -0.15) is 0 Å². The smallest absolute Gasteiger partial charge is 0.106 e. The molecule has 1 rings (SSSR count). The third kappa shape index (κ3) is 1.31. The quantitative estimate of drug-likeness (QED) is 0.602. The van der Waals surface area contributed by atoms with E-state index in [0.717, 1.165) is 11.3 Å². The van der Waals surface area contributed by atoms with Gasteiger partial charge in [0.25, 0.3) is 0 Å². The molecule has 0 aliphatic carbocycles. The fraction of sp³-hybridized carbons (Fsp3) is 0.333. The molecule has 0 amide bonds. The van der Waals surface area contributed by atoms with Crippen LogP contribution in [0.25, 0.3) is 0 Å². The average molecular weight is 127 g/mol. The second-order valence-electron chi connectivity index (χ2n) is 1.81. The predicted octanol–water partition coefficient (Wildman–Crippen LogP) is 0.978. The van der Waals surface area contributed by atoms with Gasteiger partial charge in [0.15, 0.2) is 0 Å². The summed E-state index contributed by atoms with van der Waals surface area (Å²) in [4.78, 5) is 4.41. The van der Waals surface area contributed by atoms with Gasteiger partial charge in [0, 0.05) is 5.56 Å². The maximum absolute atomic E-state index is 4.98. The molecular formula is C6H9NO2. The van der Waals surface area contributed by atoms with Crippen LogP contribution in [-0.2, 0) is 11.4 Å². The van der Waals surface area contributed by atoms with Gasteiger partial charge >= 0.3 is 0 Å². The first-order chi connectivity index (χ1) is 4.34. The van der Waals surface area contributed by atoms with Crippen molar-refractivity contribution >= 4 is 0 Å². The van der Waals surface area contributed by atoms with Crippen molar-refractivity contribution in [3.63, 3.8) is 0 Å². The average Bonchev–Trinajstić information content (AvgIpc) is 2.18. The van der Waals surface area contributed by atoms with E-state index in [9.17, 15) is 0 Å². The highest BCUT2D eigenvalue weighted by molar-refractivity contribution is 5.13. The third-order valence-corrected chi connectivity index (χ3v) is 1.21. The van der Waals surface area contributed by atoms with Gasteiger partial charge in [0.05, 0.1) is 12.9 Å². The fourth-order valence-corrected chi connectivity index (χ4v) is 0.651. The second-order valence-corrected chi connectivity index (χ2v) is 1.81. The van der Waals surface area contributed by atoms with Crippen LogP contribution >= 0.6 is 0 Å². The highest BCUT2D eigenvalue weighted by atomic mass is 16.6. The Labute approximate surface area is 53.4 Å². The predicted molar refractivity (Wildman–Crippen MR) is 32.4 cm³/mol. The van der Waals surface area contributed by atoms with E-state index in [0.29, 0.717) is 6.61 Å². The molecule has 1 aromatic heterocycles. The molecule has 0 atom stereocenters. The standard InChI is InChI=1S/C6H9NO2/c1-5-6(4-9-7)2-3-8-5/h2-3H,4,7H2,1H3. The van der Waals surface area contributed by atoms with Crippen LogP contribution in [0.4, 0.5) is 0 Å². The summed E-state index contributed by atoms with van der Waals surface area (Å²) >= 11 is 0. The highest BCUT2D eigenvalue weighted by Gasteiger charge is 1.97. The zero-order valence-corrected chi connectivity index (χ0v) is 5.26. The molecular weight excluding hydrogens is 118 g/mol. The van der Waals surface area contributed by atoms with Crippen LogP contribution in [0.2, 0.25) is 0 Å². The minimum atomic E-state index is 0.419. The molecule has 0 radical (unpaired) electrons. The van der Waals surface area contributed by atoms with Crippen LogP contribution in [0.1, 0.15) is 11.3 Å². The lowest BCUT2D eigenvalue weighted by molar-refractivity contribution is 0.123. The van der Waals surface area contributed by atoms with Crippen LogP contribution in [0.3, 0.4) is 0 Å². The minimum absolute atomic E-state index is 0.419. The Bertz CT molecular complexity index is 183. The van der Waals surface area contributed by atoms with Crippen LogP contribution in [0.15, 0.2) is 16.7 Å². The maximum atomic E-state index is 4.98. The van der Waals surface area contributed by atoms with Gasteiger partial charge in [0.1, 0.15) is 5.76 Å². The Morgan fingerprint density at radius 2 is 2.56 bits per heavy atom. The zero-order chi connectivity index (χ0) is 6.69. The van der Waals surface area contributed by atoms with Crippen LogP contribution in [-0.4, -0.2) is 0 Å². The monoisotopic (exact) mass is 127 g/mol. The molecule has 0 aliphatic heterocycles. The van der Waals surface area contributed by atoms with Gasteiger partial charge in [-0.15, -0.1) is 0 Å². The first-order valence-electron chi connectivity index (χ1n) is 2.69. The zero-order valence-electron chi connectivity index (χ0n) is 5.26. The molecule has 1 aromatic rings. The molecule has 50 valence electrons. The minimum Gasteiger partial charge on any atom is -0.469 e. The molecule has 3 nitrogen and oxygen atoms in total. The van der Waals surface area contributed by atoms with E-state index in [1.807, 2.05) is 13.0 Å². The molecule has 0 saturated carbocycles. The summed E-state index contributed by atoms with van der Waals surface area (Å²) in [7, 11) is 0. The van der Waals surface area contributed by atoms with Gasteiger partial charge in [0.2, 0.25) is 0 Å². The lowest BCUT2D eigenvalue weighted by Crippen LogP contribution is -1.98. The summed E-state index contributed by atoms with van der Waals surface area (Å²) in [6.45, 7) is 2.29. The Hall–Kier alpha value is -0.800. The van der Waals surface area contributed by atoms with Crippen molar-refractivity contribution < 1.29 is 9.25 Å². The van der Waals surface area contributed by atoms with Crippen LogP contribution < -0.4 is 5.90 Å². The highest BCUT2D eigenvalue weighted by Crippen LogP contribution is 2.08. The number of aryl methyl sites for hydroxylation is 1. The molecule has 0 unspecified atom stereocenters. The van der Waals surface area contributed by atoms with Gasteiger partial charge in [-0.25, -0.2) is 5.90 Å². The van der Waals surface area contributed by atoms with Crippen LogP contribution in [0.5, 0.6) is 0 Å². The van der Waals surface area contributed by atoms with Crippen molar-refractivity contribution in [2.24, 2.45) is 5.90 Å². The summed E-state index contributed by atoms with van der Waals surface area (Å²) in [5.74, 6) is 5.71. The van der Waals surface area contributed by atoms with Crippen LogP contribution in [0, 0.1) is 6.92 Å². The molecule has 0 aliphatic rings. The molecule has 1 heterocycles. The normalized spacial score (nSPS) is 10.0.